The molecule has 2 atom stereocenters. The number of carbonyl (C=O) groups is 5. The number of amides is 2. The number of anilines is 1. The van der Waals surface area contributed by atoms with Crippen molar-refractivity contribution in [2.45, 2.75) is 18.4 Å². The molecule has 3 aromatic carbocycles. The largest absolute Gasteiger partial charge is 0.478 e. The summed E-state index contributed by atoms with van der Waals surface area (Å²) in [4.78, 5) is 60.0. The molecule has 3 aromatic rings. The molecule has 13 nitrogen and oxygen atoms in total. The molecule has 2 heterocycles. The Morgan fingerprint density at radius 1 is 0.698 bits per heavy atom. The predicted octanol–water partition coefficient (Wildman–Crippen LogP) is 5.04. The average Bonchev–Trinajstić information content (AvgIpc) is 3.70. The van der Waals surface area contributed by atoms with E-state index in [1.165, 1.54) is 11.1 Å². The second-order valence-corrected chi connectivity index (χ2v) is 12.7. The van der Waals surface area contributed by atoms with Crippen LogP contribution in [0.25, 0.3) is 0 Å². The quantitative estimate of drug-likeness (QED) is 0.204. The Hall–Kier alpha value is -5.57. The molecule has 0 saturated carbocycles. The lowest BCUT2D eigenvalue weighted by Crippen LogP contribution is -2.49. The van der Waals surface area contributed by atoms with Crippen molar-refractivity contribution in [3.63, 3.8) is 0 Å². The van der Waals surface area contributed by atoms with E-state index in [0.29, 0.717) is 30.3 Å². The molecule has 280 valence electrons. The van der Waals surface area contributed by atoms with Crippen LogP contribution < -0.4 is 4.90 Å². The first-order valence-corrected chi connectivity index (χ1v) is 17.1. The van der Waals surface area contributed by atoms with Crippen molar-refractivity contribution in [2.24, 2.45) is 0 Å². The highest BCUT2D eigenvalue weighted by molar-refractivity contribution is 6.30. The van der Waals surface area contributed by atoms with E-state index >= 15 is 0 Å². The molecule has 0 bridgehead atoms. The molecular formula is C38H40ClFN4O9. The lowest BCUT2D eigenvalue weighted by Gasteiger charge is -2.39. The Kier molecular flexibility index (Phi) is 14.7. The Labute approximate surface area is 310 Å². The lowest BCUT2D eigenvalue weighted by molar-refractivity contribution is -0.134. The summed E-state index contributed by atoms with van der Waals surface area (Å²) in [5, 5.41) is 32.0. The minimum absolute atomic E-state index is 0.109. The molecular weight excluding hydrogens is 711 g/mol. The summed E-state index contributed by atoms with van der Waals surface area (Å²) in [6.07, 6.45) is 3.22. The van der Waals surface area contributed by atoms with Gasteiger partial charge in [-0.05, 0) is 59.5 Å². The van der Waals surface area contributed by atoms with Crippen LogP contribution in [0.2, 0.25) is 5.02 Å². The smallest absolute Gasteiger partial charge is 0.328 e. The SMILES string of the molecule is O=C(O)/C=C\C(=O)O.O=C(O)/C=C\C(=O)O.O=C1N(CCN2CCN([C@H]3C[C@H](c4ccc(F)cc4)c4cc(Cl)ccc43)CC2)CCN1c1ccccc1. The fraction of sp³-hybridized carbons (Fsp3) is 0.289. The van der Waals surface area contributed by atoms with Crippen molar-refractivity contribution in [2.75, 3.05) is 57.3 Å². The first kappa shape index (κ1) is 40.2. The molecule has 15 heteroatoms. The standard InChI is InChI=1S/C30H32ClFN4O.2C4H4O4/c31-23-8-11-26-28(20-23)27(22-6-9-24(32)10-7-22)21-29(26)34-15-12-33(13-16-34)14-17-35-18-19-36(30(35)37)25-4-2-1-3-5-25;2*5-3(6)1-2-4(7)8/h1-11,20,27,29H,12-19,21H2;2*1-2H,(H,5,6)(H,7,8)/b;2*2-1-/t27-,29+;;/m1../s1. The van der Waals surface area contributed by atoms with Crippen molar-refractivity contribution in [1.29, 1.82) is 0 Å². The second kappa shape index (κ2) is 19.3. The molecule has 0 aromatic heterocycles. The van der Waals surface area contributed by atoms with Crippen LogP contribution in [0.3, 0.4) is 0 Å². The monoisotopic (exact) mass is 750 g/mol. The number of carboxylic acid groups (broad SMARTS) is 4. The number of para-hydroxylation sites is 1. The highest BCUT2D eigenvalue weighted by atomic mass is 35.5. The zero-order valence-electron chi connectivity index (χ0n) is 28.6. The number of fused-ring (bicyclic) bond motifs is 1. The van der Waals surface area contributed by atoms with Crippen molar-refractivity contribution in [3.8, 4) is 0 Å². The Morgan fingerprint density at radius 2 is 1.26 bits per heavy atom. The van der Waals surface area contributed by atoms with E-state index in [4.69, 9.17) is 32.0 Å². The maximum absolute atomic E-state index is 13.6. The summed E-state index contributed by atoms with van der Waals surface area (Å²) < 4.78 is 13.6. The second-order valence-electron chi connectivity index (χ2n) is 12.3. The van der Waals surface area contributed by atoms with Gasteiger partial charge in [0.05, 0.1) is 0 Å². The number of piperazine rings is 1. The highest BCUT2D eigenvalue weighted by Gasteiger charge is 2.37. The van der Waals surface area contributed by atoms with Gasteiger partial charge in [-0.1, -0.05) is 48.0 Å². The molecule has 0 unspecified atom stereocenters. The fourth-order valence-corrected chi connectivity index (χ4v) is 6.65. The Balaban J connectivity index is 0.000000329. The number of aliphatic carboxylic acids is 4. The van der Waals surface area contributed by atoms with Gasteiger partial charge in [-0.15, -0.1) is 0 Å². The number of urea groups is 1. The van der Waals surface area contributed by atoms with E-state index < -0.39 is 23.9 Å². The van der Waals surface area contributed by atoms with Crippen molar-refractivity contribution in [1.82, 2.24) is 14.7 Å². The highest BCUT2D eigenvalue weighted by Crippen LogP contribution is 2.47. The fourth-order valence-electron chi connectivity index (χ4n) is 6.47. The van der Waals surface area contributed by atoms with Crippen LogP contribution >= 0.6 is 11.6 Å². The van der Waals surface area contributed by atoms with Gasteiger partial charge >= 0.3 is 29.9 Å². The summed E-state index contributed by atoms with van der Waals surface area (Å²) in [7, 11) is 0. The van der Waals surface area contributed by atoms with Gasteiger partial charge in [0.25, 0.3) is 0 Å². The molecule has 1 aliphatic carbocycles. The van der Waals surface area contributed by atoms with E-state index in [-0.39, 0.29) is 17.8 Å². The van der Waals surface area contributed by atoms with Crippen LogP contribution in [0.4, 0.5) is 14.9 Å². The maximum Gasteiger partial charge on any atom is 0.328 e. The number of halogens is 2. The van der Waals surface area contributed by atoms with Crippen LogP contribution in [0.1, 0.15) is 35.1 Å². The number of rotatable bonds is 10. The number of carbonyl (C=O) groups excluding carboxylic acids is 1. The molecule has 0 spiro atoms. The van der Waals surface area contributed by atoms with Gasteiger partial charge in [-0.3, -0.25) is 14.7 Å². The molecule has 0 radical (unpaired) electrons. The number of hydrogen-bond acceptors (Lipinski definition) is 7. The van der Waals surface area contributed by atoms with Gasteiger partial charge in [0.2, 0.25) is 0 Å². The van der Waals surface area contributed by atoms with Crippen LogP contribution in [-0.4, -0.2) is 117 Å². The molecule has 3 aliphatic rings. The number of hydrogen-bond donors (Lipinski definition) is 4. The Bertz CT molecular complexity index is 1750. The summed E-state index contributed by atoms with van der Waals surface area (Å²) in [5.74, 6) is -5.00. The van der Waals surface area contributed by atoms with Gasteiger partial charge in [-0.25, -0.2) is 28.4 Å². The van der Waals surface area contributed by atoms with Crippen LogP contribution in [-0.2, 0) is 19.2 Å². The number of carboxylic acids is 4. The van der Waals surface area contributed by atoms with Gasteiger partial charge in [0.15, 0.2) is 0 Å². The van der Waals surface area contributed by atoms with E-state index in [9.17, 15) is 28.4 Å². The first-order valence-electron chi connectivity index (χ1n) is 16.7. The zero-order valence-corrected chi connectivity index (χ0v) is 29.4. The minimum Gasteiger partial charge on any atom is -0.478 e. The molecule has 2 saturated heterocycles. The third-order valence-electron chi connectivity index (χ3n) is 8.95. The van der Waals surface area contributed by atoms with Crippen molar-refractivity contribution in [3.05, 3.63) is 125 Å². The van der Waals surface area contributed by atoms with E-state index in [1.807, 2.05) is 58.3 Å². The van der Waals surface area contributed by atoms with Gasteiger partial charge in [0, 0.05) is 99.3 Å². The third kappa shape index (κ3) is 12.0. The number of benzene rings is 3. The lowest BCUT2D eigenvalue weighted by atomic mass is 9.93. The van der Waals surface area contributed by atoms with E-state index in [2.05, 4.69) is 21.9 Å². The van der Waals surface area contributed by atoms with Crippen LogP contribution in [0.5, 0.6) is 0 Å². The van der Waals surface area contributed by atoms with Crippen LogP contribution in [0.15, 0.2) is 97.1 Å². The minimum atomic E-state index is -1.26. The summed E-state index contributed by atoms with van der Waals surface area (Å²) in [6, 6.07) is 23.5. The molecule has 2 aliphatic heterocycles. The zero-order chi connectivity index (χ0) is 38.5. The predicted molar refractivity (Wildman–Crippen MR) is 195 cm³/mol. The van der Waals surface area contributed by atoms with Crippen molar-refractivity contribution >= 4 is 47.2 Å². The average molecular weight is 751 g/mol. The maximum atomic E-state index is 13.6. The molecule has 4 N–H and O–H groups in total. The third-order valence-corrected chi connectivity index (χ3v) is 9.18. The van der Waals surface area contributed by atoms with Gasteiger partial charge < -0.3 is 25.3 Å². The van der Waals surface area contributed by atoms with Crippen molar-refractivity contribution < 1.29 is 48.8 Å². The summed E-state index contributed by atoms with van der Waals surface area (Å²) >= 11 is 6.39. The van der Waals surface area contributed by atoms with Gasteiger partial charge in [-0.2, -0.15) is 0 Å². The molecule has 2 fully saturated rings. The molecule has 6 rings (SSSR count). The first-order chi connectivity index (χ1) is 25.3. The Morgan fingerprint density at radius 3 is 1.81 bits per heavy atom. The number of nitrogens with zero attached hydrogens (tertiary/aromatic N) is 4. The topological polar surface area (TPSA) is 179 Å². The summed E-state index contributed by atoms with van der Waals surface area (Å²) in [5.41, 5.74) is 4.73. The summed E-state index contributed by atoms with van der Waals surface area (Å²) in [6.45, 7) is 7.16. The van der Waals surface area contributed by atoms with Crippen LogP contribution in [0, 0.1) is 5.82 Å². The van der Waals surface area contributed by atoms with E-state index in [0.717, 1.165) is 75.1 Å². The normalized spacial score (nSPS) is 18.6. The molecule has 2 amide bonds. The molecule has 53 heavy (non-hydrogen) atoms. The van der Waals surface area contributed by atoms with Gasteiger partial charge in [0.1, 0.15) is 5.82 Å². The van der Waals surface area contributed by atoms with E-state index in [1.54, 1.807) is 12.1 Å².